The predicted octanol–water partition coefficient (Wildman–Crippen LogP) is 3.31. The maximum Gasteiger partial charge on any atom is 0.419 e. The van der Waals surface area contributed by atoms with Gasteiger partial charge in [0, 0.05) is 17.6 Å². The first-order valence-corrected chi connectivity index (χ1v) is 6.21. The Hall–Kier alpha value is -2.48. The molecule has 20 heavy (non-hydrogen) atoms. The topological polar surface area (TPSA) is 75.2 Å². The zero-order chi connectivity index (χ0) is 15.1. The quantitative estimate of drug-likeness (QED) is 0.798. The van der Waals surface area contributed by atoms with Crippen molar-refractivity contribution in [2.75, 3.05) is 0 Å². The average molecular weight is 272 g/mol. The van der Waals surface area contributed by atoms with Gasteiger partial charge < -0.3 is 9.84 Å². The molecule has 1 aromatic heterocycles. The van der Waals surface area contributed by atoms with E-state index in [0.717, 1.165) is 0 Å². The molecule has 1 N–H and O–H groups in total. The molecule has 0 unspecified atom stereocenters. The summed E-state index contributed by atoms with van der Waals surface area (Å²) in [7, 11) is 0. The number of hydrogen-bond acceptors (Lipinski definition) is 4. The van der Waals surface area contributed by atoms with E-state index < -0.39 is 11.7 Å². The molecule has 1 aromatic carbocycles. The van der Waals surface area contributed by atoms with Crippen LogP contribution < -0.4 is 0 Å². The van der Waals surface area contributed by atoms with Gasteiger partial charge in [-0.25, -0.2) is 4.79 Å². The van der Waals surface area contributed by atoms with Gasteiger partial charge in [0.1, 0.15) is 17.4 Å². The molecule has 0 aliphatic heterocycles. The van der Waals surface area contributed by atoms with E-state index in [-0.39, 0.29) is 5.75 Å². The van der Waals surface area contributed by atoms with Crippen LogP contribution in [0.25, 0.3) is 10.9 Å². The molecule has 2 aromatic rings. The molecule has 104 valence electrons. The summed E-state index contributed by atoms with van der Waals surface area (Å²) < 4.78 is 6.54. The van der Waals surface area contributed by atoms with E-state index in [1.807, 2.05) is 6.07 Å². The van der Waals surface area contributed by atoms with Crippen molar-refractivity contribution >= 4 is 17.0 Å². The lowest BCUT2D eigenvalue weighted by atomic mass is 10.1. The first-order valence-electron chi connectivity index (χ1n) is 6.21. The van der Waals surface area contributed by atoms with Gasteiger partial charge in [0.2, 0.25) is 0 Å². The van der Waals surface area contributed by atoms with Crippen LogP contribution in [0.2, 0.25) is 0 Å². The van der Waals surface area contributed by atoms with Gasteiger partial charge in [0.15, 0.2) is 0 Å². The van der Waals surface area contributed by atoms with Gasteiger partial charge in [-0.05, 0) is 39.3 Å². The summed E-state index contributed by atoms with van der Waals surface area (Å²) in [6, 6.07) is 5.20. The fraction of sp³-hybridized carbons (Fsp3) is 0.333. The van der Waals surface area contributed by atoms with Crippen molar-refractivity contribution in [1.82, 2.24) is 4.57 Å². The van der Waals surface area contributed by atoms with E-state index in [0.29, 0.717) is 22.0 Å². The minimum absolute atomic E-state index is 0.0740. The second-order valence-corrected chi connectivity index (χ2v) is 5.66. The van der Waals surface area contributed by atoms with Gasteiger partial charge in [-0.3, -0.25) is 4.57 Å². The number of carbonyl (C=O) groups is 1. The van der Waals surface area contributed by atoms with Gasteiger partial charge in [-0.15, -0.1) is 0 Å². The Labute approximate surface area is 117 Å². The Morgan fingerprint density at radius 1 is 1.40 bits per heavy atom. The lowest BCUT2D eigenvalue weighted by Crippen LogP contribution is -2.26. The number of nitrogens with zero attached hydrogens (tertiary/aromatic N) is 2. The number of aryl methyl sites for hydroxylation is 1. The van der Waals surface area contributed by atoms with Crippen LogP contribution in [0.1, 0.15) is 31.9 Å². The lowest BCUT2D eigenvalue weighted by molar-refractivity contribution is 0.0544. The van der Waals surface area contributed by atoms with Gasteiger partial charge in [-0.2, -0.15) is 5.26 Å². The van der Waals surface area contributed by atoms with Crippen molar-refractivity contribution in [2.24, 2.45) is 0 Å². The highest BCUT2D eigenvalue weighted by atomic mass is 16.6. The van der Waals surface area contributed by atoms with Gasteiger partial charge >= 0.3 is 6.09 Å². The average Bonchev–Trinajstić information content (AvgIpc) is 2.66. The maximum atomic E-state index is 12.1. The highest BCUT2D eigenvalue weighted by Gasteiger charge is 2.21. The van der Waals surface area contributed by atoms with Gasteiger partial charge in [0.05, 0.1) is 11.1 Å². The normalized spacial score (nSPS) is 11.3. The van der Waals surface area contributed by atoms with Crippen LogP contribution in [0, 0.1) is 18.3 Å². The smallest absolute Gasteiger partial charge is 0.419 e. The number of phenolic OH excluding ortho intramolecular Hbond substituents is 1. The molecule has 2 rings (SSSR count). The molecule has 0 saturated carbocycles. The molecule has 0 amide bonds. The number of nitriles is 1. The van der Waals surface area contributed by atoms with E-state index in [1.54, 1.807) is 33.8 Å². The summed E-state index contributed by atoms with van der Waals surface area (Å²) in [6.07, 6.45) is 0.852. The minimum atomic E-state index is -0.632. The number of rotatable bonds is 0. The second kappa shape index (κ2) is 4.57. The van der Waals surface area contributed by atoms with Crippen LogP contribution in [0.5, 0.6) is 5.75 Å². The molecular formula is C15H16N2O3. The van der Waals surface area contributed by atoms with Crippen LogP contribution in [-0.4, -0.2) is 21.4 Å². The SMILES string of the molecule is Cc1cc2c(C#N)cn(C(=O)OC(C)(C)C)c2cc1O. The number of carbonyl (C=O) groups excluding carboxylic acids is 1. The molecular weight excluding hydrogens is 256 g/mol. The fourth-order valence-corrected chi connectivity index (χ4v) is 1.92. The molecule has 0 atom stereocenters. The summed E-state index contributed by atoms with van der Waals surface area (Å²) in [5, 5.41) is 19.6. The van der Waals surface area contributed by atoms with E-state index in [2.05, 4.69) is 0 Å². The largest absolute Gasteiger partial charge is 0.508 e. The summed E-state index contributed by atoms with van der Waals surface area (Å²) in [4.78, 5) is 12.1. The number of aromatic hydroxyl groups is 1. The Morgan fingerprint density at radius 2 is 2.05 bits per heavy atom. The fourth-order valence-electron chi connectivity index (χ4n) is 1.92. The Bertz CT molecular complexity index is 730. The second-order valence-electron chi connectivity index (χ2n) is 5.66. The zero-order valence-corrected chi connectivity index (χ0v) is 11.9. The first-order chi connectivity index (χ1) is 9.23. The standard InChI is InChI=1S/C15H16N2O3/c1-9-5-11-10(7-16)8-17(12(11)6-13(9)18)14(19)20-15(2,3)4/h5-6,8,18H,1-4H3. The van der Waals surface area contributed by atoms with Crippen molar-refractivity contribution in [3.8, 4) is 11.8 Å². The molecule has 0 bridgehead atoms. The van der Waals surface area contributed by atoms with E-state index >= 15 is 0 Å². The third kappa shape index (κ3) is 2.45. The van der Waals surface area contributed by atoms with Crippen molar-refractivity contribution in [2.45, 2.75) is 33.3 Å². The molecule has 0 fully saturated rings. The molecule has 0 saturated heterocycles. The summed E-state index contributed by atoms with van der Waals surface area (Å²) in [5.41, 5.74) is 0.844. The summed E-state index contributed by atoms with van der Waals surface area (Å²) in [6.45, 7) is 7.04. The Kier molecular flexibility index (Phi) is 3.18. The maximum absolute atomic E-state index is 12.1. The molecule has 1 heterocycles. The third-order valence-electron chi connectivity index (χ3n) is 2.83. The van der Waals surface area contributed by atoms with Crippen LogP contribution in [0.3, 0.4) is 0 Å². The van der Waals surface area contributed by atoms with E-state index in [1.165, 1.54) is 16.8 Å². The van der Waals surface area contributed by atoms with Crippen LogP contribution in [0.4, 0.5) is 4.79 Å². The van der Waals surface area contributed by atoms with Crippen molar-refractivity contribution < 1.29 is 14.6 Å². The molecule has 0 spiro atoms. The Morgan fingerprint density at radius 3 is 2.60 bits per heavy atom. The van der Waals surface area contributed by atoms with Crippen LogP contribution in [0.15, 0.2) is 18.3 Å². The van der Waals surface area contributed by atoms with E-state index in [9.17, 15) is 9.90 Å². The molecule has 5 nitrogen and oxygen atoms in total. The number of hydrogen-bond donors (Lipinski definition) is 1. The van der Waals surface area contributed by atoms with Crippen molar-refractivity contribution in [1.29, 1.82) is 5.26 Å². The monoisotopic (exact) mass is 272 g/mol. The molecule has 0 aliphatic carbocycles. The number of ether oxygens (including phenoxy) is 1. The molecule has 5 heteroatoms. The zero-order valence-electron chi connectivity index (χ0n) is 11.9. The number of phenols is 1. The third-order valence-corrected chi connectivity index (χ3v) is 2.83. The highest BCUT2D eigenvalue weighted by molar-refractivity contribution is 5.94. The van der Waals surface area contributed by atoms with Crippen LogP contribution in [-0.2, 0) is 4.74 Å². The number of benzene rings is 1. The van der Waals surface area contributed by atoms with Crippen LogP contribution >= 0.6 is 0 Å². The van der Waals surface area contributed by atoms with Gasteiger partial charge in [0.25, 0.3) is 0 Å². The first kappa shape index (κ1) is 13.9. The predicted molar refractivity (Wildman–Crippen MR) is 74.7 cm³/mol. The Balaban J connectivity index is 2.63. The highest BCUT2D eigenvalue weighted by Crippen LogP contribution is 2.28. The van der Waals surface area contributed by atoms with E-state index in [4.69, 9.17) is 10.00 Å². The van der Waals surface area contributed by atoms with Crippen molar-refractivity contribution in [3.05, 3.63) is 29.5 Å². The van der Waals surface area contributed by atoms with Crippen molar-refractivity contribution in [3.63, 3.8) is 0 Å². The minimum Gasteiger partial charge on any atom is -0.508 e. The number of aromatic nitrogens is 1. The summed E-state index contributed by atoms with van der Waals surface area (Å²) >= 11 is 0. The van der Waals surface area contributed by atoms with Gasteiger partial charge in [-0.1, -0.05) is 0 Å². The molecule has 0 radical (unpaired) electrons. The lowest BCUT2D eigenvalue weighted by Gasteiger charge is -2.19. The summed E-state index contributed by atoms with van der Waals surface area (Å²) in [5.74, 6) is 0.0740. The number of fused-ring (bicyclic) bond motifs is 1. The molecule has 0 aliphatic rings.